The van der Waals surface area contributed by atoms with Gasteiger partial charge >= 0.3 is 0 Å². The molecule has 0 aliphatic rings. The Balaban J connectivity index is 2.38. The molecule has 21 heavy (non-hydrogen) atoms. The van der Waals surface area contributed by atoms with Gasteiger partial charge in [0.05, 0.1) is 23.4 Å². The summed E-state index contributed by atoms with van der Waals surface area (Å²) in [5.41, 5.74) is 5.51. The van der Waals surface area contributed by atoms with Crippen LogP contribution in [0.4, 0.5) is 20.2 Å². The first kappa shape index (κ1) is 15.0. The lowest BCUT2D eigenvalue weighted by atomic mass is 10.3. The van der Waals surface area contributed by atoms with Gasteiger partial charge in [-0.3, -0.25) is 4.72 Å². The van der Waals surface area contributed by atoms with Crippen molar-refractivity contribution in [1.29, 1.82) is 0 Å². The Labute approximate surface area is 120 Å². The summed E-state index contributed by atoms with van der Waals surface area (Å²) in [6, 6.07) is 6.35. The first-order chi connectivity index (χ1) is 9.83. The molecule has 0 fully saturated rings. The minimum absolute atomic E-state index is 0.155. The van der Waals surface area contributed by atoms with Crippen molar-refractivity contribution in [3.05, 3.63) is 48.0 Å². The number of ether oxygens (including phenoxy) is 1. The van der Waals surface area contributed by atoms with Crippen molar-refractivity contribution in [2.45, 2.75) is 4.90 Å². The van der Waals surface area contributed by atoms with Crippen molar-refractivity contribution >= 4 is 21.4 Å². The number of halogens is 2. The van der Waals surface area contributed by atoms with Crippen LogP contribution < -0.4 is 15.2 Å². The highest BCUT2D eigenvalue weighted by atomic mass is 32.2. The number of hydrogen-bond acceptors (Lipinski definition) is 4. The molecule has 0 aromatic heterocycles. The van der Waals surface area contributed by atoms with Gasteiger partial charge in [0, 0.05) is 12.1 Å². The highest BCUT2D eigenvalue weighted by Gasteiger charge is 2.18. The first-order valence-electron chi connectivity index (χ1n) is 5.75. The summed E-state index contributed by atoms with van der Waals surface area (Å²) in [6.45, 7) is 0. The zero-order chi connectivity index (χ0) is 15.6. The third kappa shape index (κ3) is 3.22. The van der Waals surface area contributed by atoms with Gasteiger partial charge in [0.2, 0.25) is 0 Å². The third-order valence-electron chi connectivity index (χ3n) is 2.69. The highest BCUT2D eigenvalue weighted by molar-refractivity contribution is 7.92. The summed E-state index contributed by atoms with van der Waals surface area (Å²) < 4.78 is 57.6. The highest BCUT2D eigenvalue weighted by Crippen LogP contribution is 2.26. The molecule has 2 rings (SSSR count). The van der Waals surface area contributed by atoms with E-state index in [4.69, 9.17) is 10.5 Å². The normalized spacial score (nSPS) is 11.2. The number of hydrogen-bond donors (Lipinski definition) is 2. The fourth-order valence-electron chi connectivity index (χ4n) is 1.63. The van der Waals surface area contributed by atoms with E-state index in [9.17, 15) is 17.2 Å². The van der Waals surface area contributed by atoms with E-state index in [0.29, 0.717) is 6.07 Å². The molecular weight excluding hydrogens is 302 g/mol. The molecule has 0 saturated heterocycles. The molecule has 0 bridgehead atoms. The minimum atomic E-state index is -4.05. The van der Waals surface area contributed by atoms with Crippen molar-refractivity contribution < 1.29 is 21.9 Å². The van der Waals surface area contributed by atoms with Gasteiger partial charge in [-0.05, 0) is 24.3 Å². The molecule has 0 aliphatic carbocycles. The summed E-state index contributed by atoms with van der Waals surface area (Å²) in [6.07, 6.45) is 0. The Morgan fingerprint density at radius 1 is 1.14 bits per heavy atom. The molecule has 2 aromatic carbocycles. The number of benzene rings is 2. The van der Waals surface area contributed by atoms with Crippen molar-refractivity contribution in [2.24, 2.45) is 0 Å². The van der Waals surface area contributed by atoms with Crippen molar-refractivity contribution in [1.82, 2.24) is 0 Å². The average Bonchev–Trinajstić information content (AvgIpc) is 2.42. The number of rotatable bonds is 4. The molecule has 0 saturated carbocycles. The predicted octanol–water partition coefficient (Wildman–Crippen LogP) is 2.36. The maximum Gasteiger partial charge on any atom is 0.262 e. The topological polar surface area (TPSA) is 81.4 Å². The Bertz CT molecular complexity index is 779. The third-order valence-corrected chi connectivity index (χ3v) is 4.05. The van der Waals surface area contributed by atoms with Gasteiger partial charge < -0.3 is 10.5 Å². The average molecular weight is 314 g/mol. The molecule has 0 amide bonds. The van der Waals surface area contributed by atoms with Gasteiger partial charge in [-0.15, -0.1) is 0 Å². The molecule has 0 unspecified atom stereocenters. The number of nitrogen functional groups attached to an aromatic ring is 1. The number of anilines is 2. The van der Waals surface area contributed by atoms with Crippen LogP contribution in [0.15, 0.2) is 41.3 Å². The second kappa shape index (κ2) is 5.57. The van der Waals surface area contributed by atoms with Crippen LogP contribution in [0.2, 0.25) is 0 Å². The number of methoxy groups -OCH3 is 1. The molecule has 2 aromatic rings. The Morgan fingerprint density at radius 2 is 1.86 bits per heavy atom. The van der Waals surface area contributed by atoms with Crippen molar-refractivity contribution in [3.8, 4) is 5.75 Å². The number of nitrogens with two attached hydrogens (primary N) is 1. The van der Waals surface area contributed by atoms with Crippen LogP contribution in [0.5, 0.6) is 5.75 Å². The van der Waals surface area contributed by atoms with Gasteiger partial charge in [-0.25, -0.2) is 17.2 Å². The van der Waals surface area contributed by atoms with E-state index in [1.54, 1.807) is 0 Å². The fraction of sp³-hybridized carbons (Fsp3) is 0.0769. The van der Waals surface area contributed by atoms with Crippen LogP contribution in [0, 0.1) is 11.6 Å². The molecule has 112 valence electrons. The summed E-state index contributed by atoms with van der Waals surface area (Å²) in [5, 5.41) is 0. The molecule has 0 aliphatic heterocycles. The van der Waals surface area contributed by atoms with Gasteiger partial charge in [-0.1, -0.05) is 0 Å². The molecule has 5 nitrogen and oxygen atoms in total. The Morgan fingerprint density at radius 3 is 2.48 bits per heavy atom. The zero-order valence-corrected chi connectivity index (χ0v) is 11.7. The van der Waals surface area contributed by atoms with E-state index in [0.717, 1.165) is 12.1 Å². The zero-order valence-electron chi connectivity index (χ0n) is 10.9. The van der Waals surface area contributed by atoms with Crippen molar-refractivity contribution in [3.63, 3.8) is 0 Å². The second-order valence-corrected chi connectivity index (χ2v) is 5.82. The van der Waals surface area contributed by atoms with Crippen LogP contribution >= 0.6 is 0 Å². The Hall–Kier alpha value is -2.35. The van der Waals surface area contributed by atoms with E-state index in [-0.39, 0.29) is 22.0 Å². The SMILES string of the molecule is COc1cc(S(=O)(=O)Nc2ccc(F)cc2F)ccc1N. The van der Waals surface area contributed by atoms with E-state index in [1.165, 1.54) is 25.3 Å². The van der Waals surface area contributed by atoms with Crippen LogP contribution in [-0.2, 0) is 10.0 Å². The second-order valence-electron chi connectivity index (χ2n) is 4.13. The lowest BCUT2D eigenvalue weighted by Crippen LogP contribution is -2.14. The lowest BCUT2D eigenvalue weighted by molar-refractivity contribution is 0.415. The van der Waals surface area contributed by atoms with Crippen LogP contribution in [0.3, 0.4) is 0 Å². The standard InChI is InChI=1S/C13H12F2N2O3S/c1-20-13-7-9(3-4-11(13)16)21(18,19)17-12-5-2-8(14)6-10(12)15/h2-7,17H,16H2,1H3. The molecule has 0 heterocycles. The molecule has 0 spiro atoms. The van der Waals surface area contributed by atoms with Gasteiger partial charge in [-0.2, -0.15) is 0 Å². The van der Waals surface area contributed by atoms with E-state index < -0.39 is 21.7 Å². The van der Waals surface area contributed by atoms with E-state index in [2.05, 4.69) is 0 Å². The maximum atomic E-state index is 13.5. The van der Waals surface area contributed by atoms with Crippen LogP contribution in [0.25, 0.3) is 0 Å². The molecule has 3 N–H and O–H groups in total. The van der Waals surface area contributed by atoms with Gasteiger partial charge in [0.25, 0.3) is 10.0 Å². The molecule has 0 radical (unpaired) electrons. The molecule has 8 heteroatoms. The van der Waals surface area contributed by atoms with Crippen LogP contribution in [0.1, 0.15) is 0 Å². The van der Waals surface area contributed by atoms with Crippen molar-refractivity contribution in [2.75, 3.05) is 17.6 Å². The summed E-state index contributed by atoms with van der Waals surface area (Å²) in [7, 11) is -2.70. The monoisotopic (exact) mass is 314 g/mol. The quantitative estimate of drug-likeness (QED) is 0.849. The molecular formula is C13H12F2N2O3S. The minimum Gasteiger partial charge on any atom is -0.495 e. The lowest BCUT2D eigenvalue weighted by Gasteiger charge is -2.11. The fourth-order valence-corrected chi connectivity index (χ4v) is 2.72. The van der Waals surface area contributed by atoms with E-state index in [1.807, 2.05) is 4.72 Å². The number of nitrogens with one attached hydrogen (secondary N) is 1. The Kier molecular flexibility index (Phi) is 3.99. The largest absolute Gasteiger partial charge is 0.495 e. The van der Waals surface area contributed by atoms with Gasteiger partial charge in [0.1, 0.15) is 17.4 Å². The first-order valence-corrected chi connectivity index (χ1v) is 7.23. The van der Waals surface area contributed by atoms with E-state index >= 15 is 0 Å². The number of sulfonamides is 1. The molecule has 0 atom stereocenters. The summed E-state index contributed by atoms with van der Waals surface area (Å²) >= 11 is 0. The maximum absolute atomic E-state index is 13.5. The predicted molar refractivity (Wildman–Crippen MR) is 74.6 cm³/mol. The smallest absolute Gasteiger partial charge is 0.262 e. The summed E-state index contributed by atoms with van der Waals surface area (Å²) in [4.78, 5) is -0.155. The summed E-state index contributed by atoms with van der Waals surface area (Å²) in [5.74, 6) is -1.64. The van der Waals surface area contributed by atoms with Gasteiger partial charge in [0.15, 0.2) is 0 Å². The van der Waals surface area contributed by atoms with Crippen LogP contribution in [-0.4, -0.2) is 15.5 Å².